The average molecular weight is 232 g/mol. The fourth-order valence-corrected chi connectivity index (χ4v) is 1.58. The van der Waals surface area contributed by atoms with Crippen molar-refractivity contribution in [2.24, 2.45) is 0 Å². The fourth-order valence-electron chi connectivity index (χ4n) is 1.44. The summed E-state index contributed by atoms with van der Waals surface area (Å²) >= 11 is 4.01. The highest BCUT2D eigenvalue weighted by Crippen LogP contribution is 2.18. The molecule has 16 heavy (non-hydrogen) atoms. The lowest BCUT2D eigenvalue weighted by Gasteiger charge is -2.15. The van der Waals surface area contributed by atoms with E-state index in [2.05, 4.69) is 30.0 Å². The molecule has 1 aromatic carbocycles. The van der Waals surface area contributed by atoms with Crippen molar-refractivity contribution in [3.63, 3.8) is 0 Å². The number of benzene rings is 1. The molecule has 0 radical (unpaired) electrons. The summed E-state index contributed by atoms with van der Waals surface area (Å²) in [5.41, 5.74) is 3.10. The summed E-state index contributed by atoms with van der Waals surface area (Å²) in [5.74, 6) is 2.61. The Bertz CT molecular complexity index is 407. The predicted molar refractivity (Wildman–Crippen MR) is 74.4 cm³/mol. The van der Waals surface area contributed by atoms with E-state index in [0.29, 0.717) is 6.54 Å². The van der Waals surface area contributed by atoms with Gasteiger partial charge in [-0.3, -0.25) is 4.90 Å². The van der Waals surface area contributed by atoms with Crippen molar-refractivity contribution < 1.29 is 0 Å². The van der Waals surface area contributed by atoms with E-state index in [0.717, 1.165) is 23.4 Å². The summed E-state index contributed by atoms with van der Waals surface area (Å²) in [5, 5.41) is 0. The van der Waals surface area contributed by atoms with Crippen LogP contribution in [0.1, 0.15) is 5.56 Å². The first kappa shape index (κ1) is 12.7. The zero-order valence-corrected chi connectivity index (χ0v) is 10.3. The third-order valence-electron chi connectivity index (χ3n) is 2.22. The predicted octanol–water partition coefficient (Wildman–Crippen LogP) is 2.52. The molecule has 84 valence electrons. The topological polar surface area (TPSA) is 15.3 Å². The molecule has 1 rings (SSSR count). The molecule has 1 aromatic rings. The standard InChI is InChI=1S/C13H16N2S/c1-4-8-15(3)10-11(2)12-6-5-7-13(9-12)14-16/h1,5-7,9,14,16H,2,8,10H2,3H3. The third-order valence-corrected chi connectivity index (χ3v) is 2.48. The number of likely N-dealkylation sites (N-methyl/N-ethyl adjacent to an activating group) is 1. The van der Waals surface area contributed by atoms with Gasteiger partial charge in [0.05, 0.1) is 6.54 Å². The van der Waals surface area contributed by atoms with Crippen LogP contribution in [0.25, 0.3) is 5.57 Å². The lowest BCUT2D eigenvalue weighted by molar-refractivity contribution is 0.425. The van der Waals surface area contributed by atoms with Crippen molar-refractivity contribution in [3.05, 3.63) is 36.4 Å². The van der Waals surface area contributed by atoms with Crippen LogP contribution in [0.2, 0.25) is 0 Å². The second-order valence-electron chi connectivity index (χ2n) is 3.67. The molecule has 0 aliphatic rings. The average Bonchev–Trinajstić information content (AvgIpc) is 2.29. The van der Waals surface area contributed by atoms with E-state index in [1.807, 2.05) is 36.2 Å². The molecule has 0 heterocycles. The van der Waals surface area contributed by atoms with Crippen LogP contribution in [0.5, 0.6) is 0 Å². The molecule has 0 spiro atoms. The van der Waals surface area contributed by atoms with Crippen LogP contribution in [0.15, 0.2) is 30.8 Å². The van der Waals surface area contributed by atoms with Gasteiger partial charge in [-0.1, -0.05) is 37.4 Å². The summed E-state index contributed by atoms with van der Waals surface area (Å²) in [6.45, 7) is 5.45. The van der Waals surface area contributed by atoms with Crippen LogP contribution in [-0.4, -0.2) is 25.0 Å². The van der Waals surface area contributed by atoms with Crippen molar-refractivity contribution in [2.75, 3.05) is 24.9 Å². The molecule has 0 fully saturated rings. The number of anilines is 1. The Balaban J connectivity index is 2.69. The van der Waals surface area contributed by atoms with Crippen LogP contribution >= 0.6 is 12.8 Å². The monoisotopic (exact) mass is 232 g/mol. The Hall–Kier alpha value is -1.37. The number of nitrogens with zero attached hydrogens (tertiary/aromatic N) is 1. The maximum Gasteiger partial charge on any atom is 0.0599 e. The molecule has 0 amide bonds. The maximum atomic E-state index is 5.25. The lowest BCUT2D eigenvalue weighted by atomic mass is 10.1. The third kappa shape index (κ3) is 3.65. The molecule has 2 nitrogen and oxygen atoms in total. The van der Waals surface area contributed by atoms with E-state index >= 15 is 0 Å². The molecular formula is C13H16N2S. The highest BCUT2D eigenvalue weighted by Gasteiger charge is 2.03. The maximum absolute atomic E-state index is 5.25. The second kappa shape index (κ2) is 6.26. The first-order valence-corrected chi connectivity index (χ1v) is 5.42. The molecule has 0 atom stereocenters. The molecule has 0 saturated carbocycles. The molecule has 0 saturated heterocycles. The van der Waals surface area contributed by atoms with E-state index < -0.39 is 0 Å². The van der Waals surface area contributed by atoms with Gasteiger partial charge in [0, 0.05) is 12.2 Å². The Morgan fingerprint density at radius 1 is 1.62 bits per heavy atom. The number of nitrogens with one attached hydrogen (secondary N) is 1. The molecule has 0 aliphatic carbocycles. The molecule has 1 N–H and O–H groups in total. The molecule has 0 bridgehead atoms. The van der Waals surface area contributed by atoms with E-state index in [1.165, 1.54) is 0 Å². The minimum absolute atomic E-state index is 0.629. The number of hydrogen-bond acceptors (Lipinski definition) is 3. The van der Waals surface area contributed by atoms with Gasteiger partial charge >= 0.3 is 0 Å². The quantitative estimate of drug-likeness (QED) is 0.599. The smallest absolute Gasteiger partial charge is 0.0599 e. The summed E-state index contributed by atoms with van der Waals surface area (Å²) < 4.78 is 2.81. The molecule has 0 unspecified atom stereocenters. The first-order valence-electron chi connectivity index (χ1n) is 4.97. The van der Waals surface area contributed by atoms with Gasteiger partial charge in [-0.15, -0.1) is 6.42 Å². The van der Waals surface area contributed by atoms with Crippen molar-refractivity contribution in [1.82, 2.24) is 4.90 Å². The summed E-state index contributed by atoms with van der Waals surface area (Å²) in [4.78, 5) is 2.04. The van der Waals surface area contributed by atoms with Crippen LogP contribution < -0.4 is 4.72 Å². The highest BCUT2D eigenvalue weighted by molar-refractivity contribution is 7.81. The van der Waals surface area contributed by atoms with Gasteiger partial charge in [0.25, 0.3) is 0 Å². The fraction of sp³-hybridized carbons (Fsp3) is 0.231. The highest BCUT2D eigenvalue weighted by atomic mass is 32.1. The van der Waals surface area contributed by atoms with Gasteiger partial charge in [-0.2, -0.15) is 0 Å². The van der Waals surface area contributed by atoms with Gasteiger partial charge in [0.1, 0.15) is 0 Å². The zero-order valence-electron chi connectivity index (χ0n) is 9.40. The SMILES string of the molecule is C#CCN(C)CC(=C)c1cccc(NS)c1. The van der Waals surface area contributed by atoms with Gasteiger partial charge in [-0.05, 0) is 30.3 Å². The molecule has 0 aromatic heterocycles. The Morgan fingerprint density at radius 2 is 2.38 bits per heavy atom. The van der Waals surface area contributed by atoms with E-state index in [9.17, 15) is 0 Å². The zero-order chi connectivity index (χ0) is 12.0. The minimum Gasteiger partial charge on any atom is -0.332 e. The number of hydrogen-bond donors (Lipinski definition) is 2. The van der Waals surface area contributed by atoms with Crippen LogP contribution in [-0.2, 0) is 0 Å². The van der Waals surface area contributed by atoms with Crippen molar-refractivity contribution in [2.45, 2.75) is 0 Å². The first-order chi connectivity index (χ1) is 7.67. The molecular weight excluding hydrogens is 216 g/mol. The van der Waals surface area contributed by atoms with Gasteiger partial charge < -0.3 is 4.72 Å². The van der Waals surface area contributed by atoms with Crippen molar-refractivity contribution in [1.29, 1.82) is 0 Å². The van der Waals surface area contributed by atoms with Crippen molar-refractivity contribution in [3.8, 4) is 12.3 Å². The Morgan fingerprint density at radius 3 is 3.00 bits per heavy atom. The van der Waals surface area contributed by atoms with Gasteiger partial charge in [-0.25, -0.2) is 0 Å². The van der Waals surface area contributed by atoms with Crippen LogP contribution in [0.4, 0.5) is 5.69 Å². The Kier molecular flexibility index (Phi) is 4.97. The number of terminal acetylenes is 1. The van der Waals surface area contributed by atoms with Gasteiger partial charge in [0.2, 0.25) is 0 Å². The number of rotatable bonds is 5. The largest absolute Gasteiger partial charge is 0.332 e. The summed E-state index contributed by atoms with van der Waals surface area (Å²) in [6.07, 6.45) is 5.25. The lowest BCUT2D eigenvalue weighted by Crippen LogP contribution is -2.20. The molecule has 3 heteroatoms. The van der Waals surface area contributed by atoms with Crippen molar-refractivity contribution >= 4 is 24.1 Å². The van der Waals surface area contributed by atoms with E-state index in [4.69, 9.17) is 6.42 Å². The Labute approximate surface area is 103 Å². The van der Waals surface area contributed by atoms with E-state index in [-0.39, 0.29) is 0 Å². The summed E-state index contributed by atoms with van der Waals surface area (Å²) in [6, 6.07) is 7.97. The second-order valence-corrected chi connectivity index (χ2v) is 3.90. The normalized spacial score (nSPS) is 9.88. The van der Waals surface area contributed by atoms with Gasteiger partial charge in [0.15, 0.2) is 0 Å². The minimum atomic E-state index is 0.629. The van der Waals surface area contributed by atoms with Crippen LogP contribution in [0, 0.1) is 12.3 Å². The summed E-state index contributed by atoms with van der Waals surface area (Å²) in [7, 11) is 1.98. The number of thiol groups is 1. The van der Waals surface area contributed by atoms with E-state index in [1.54, 1.807) is 0 Å². The van der Waals surface area contributed by atoms with Crippen LogP contribution in [0.3, 0.4) is 0 Å². The molecule has 0 aliphatic heterocycles.